The maximum atomic E-state index is 12.1. The van der Waals surface area contributed by atoms with Crippen LogP contribution in [0, 0.1) is 12.3 Å². The third-order valence-electron chi connectivity index (χ3n) is 5.49. The second-order valence-electron chi connectivity index (χ2n) is 7.58. The average Bonchev–Trinajstić information content (AvgIpc) is 3.24. The summed E-state index contributed by atoms with van der Waals surface area (Å²) in [4.78, 5) is 23.5. The number of aromatic nitrogens is 1. The third-order valence-corrected chi connectivity index (χ3v) is 5.49. The van der Waals surface area contributed by atoms with E-state index in [1.165, 1.54) is 32.1 Å². The van der Waals surface area contributed by atoms with Crippen LogP contribution in [0.15, 0.2) is 23.2 Å². The summed E-state index contributed by atoms with van der Waals surface area (Å²) < 4.78 is 0. The first-order chi connectivity index (χ1) is 12.6. The highest BCUT2D eigenvalue weighted by Gasteiger charge is 2.41. The molecule has 2 aliphatic rings. The van der Waals surface area contributed by atoms with Gasteiger partial charge in [-0.05, 0) is 50.7 Å². The molecule has 2 N–H and O–H groups in total. The van der Waals surface area contributed by atoms with Crippen molar-refractivity contribution in [3.8, 4) is 0 Å². The van der Waals surface area contributed by atoms with Crippen LogP contribution in [0.2, 0.25) is 0 Å². The van der Waals surface area contributed by atoms with Gasteiger partial charge in [0, 0.05) is 31.7 Å². The van der Waals surface area contributed by atoms with Gasteiger partial charge >= 0.3 is 0 Å². The standard InChI is InChI=1S/C20H31N5O/c1-3-21-19(25-14-12-20(15-25)10-4-5-11-20)22-13-9-18(26)24-17-8-6-7-16(2)23-17/h6-8H,3-5,9-15H2,1-2H3,(H,21,22)(H,23,24,26). The first kappa shape index (κ1) is 18.7. The van der Waals surface area contributed by atoms with E-state index < -0.39 is 0 Å². The Kier molecular flexibility index (Phi) is 6.12. The normalized spacial score (nSPS) is 19.2. The molecule has 0 radical (unpaired) electrons. The summed E-state index contributed by atoms with van der Waals surface area (Å²) in [5.74, 6) is 1.52. The van der Waals surface area contributed by atoms with E-state index in [1.54, 1.807) is 0 Å². The molecule has 1 aliphatic carbocycles. The number of amides is 1. The van der Waals surface area contributed by atoms with Crippen LogP contribution in [0.1, 0.15) is 51.1 Å². The smallest absolute Gasteiger partial charge is 0.227 e. The number of carbonyl (C=O) groups excluding carboxylic acids is 1. The van der Waals surface area contributed by atoms with Gasteiger partial charge < -0.3 is 15.5 Å². The van der Waals surface area contributed by atoms with E-state index in [2.05, 4.69) is 27.4 Å². The molecule has 2 heterocycles. The fourth-order valence-corrected chi connectivity index (χ4v) is 4.16. The number of guanidine groups is 1. The van der Waals surface area contributed by atoms with Gasteiger partial charge in [-0.1, -0.05) is 18.9 Å². The number of nitrogens with zero attached hydrogens (tertiary/aromatic N) is 3. The number of aryl methyl sites for hydroxylation is 1. The minimum Gasteiger partial charge on any atom is -0.357 e. The van der Waals surface area contributed by atoms with E-state index in [1.807, 2.05) is 25.1 Å². The van der Waals surface area contributed by atoms with Crippen LogP contribution in [-0.2, 0) is 4.79 Å². The van der Waals surface area contributed by atoms with Gasteiger partial charge in [0.15, 0.2) is 5.96 Å². The molecule has 0 atom stereocenters. The number of likely N-dealkylation sites (tertiary alicyclic amines) is 1. The Morgan fingerprint density at radius 1 is 1.31 bits per heavy atom. The number of pyridine rings is 1. The Bertz CT molecular complexity index is 651. The first-order valence-corrected chi connectivity index (χ1v) is 9.87. The van der Waals surface area contributed by atoms with Crippen LogP contribution >= 0.6 is 0 Å². The number of rotatable bonds is 5. The molecular weight excluding hydrogens is 326 g/mol. The molecule has 6 nitrogen and oxygen atoms in total. The van der Waals surface area contributed by atoms with Crippen molar-refractivity contribution < 1.29 is 4.79 Å². The van der Waals surface area contributed by atoms with E-state index in [9.17, 15) is 4.79 Å². The van der Waals surface area contributed by atoms with Crippen molar-refractivity contribution >= 4 is 17.7 Å². The molecule has 1 aromatic heterocycles. The molecule has 1 aliphatic heterocycles. The Labute approximate surface area is 156 Å². The van der Waals surface area contributed by atoms with Gasteiger partial charge in [-0.2, -0.15) is 0 Å². The first-order valence-electron chi connectivity index (χ1n) is 9.87. The fraction of sp³-hybridized carbons (Fsp3) is 0.650. The SMILES string of the molecule is CCNC(=NCCC(=O)Nc1cccc(C)n1)N1CCC2(CCCC2)C1. The third kappa shape index (κ3) is 4.74. The van der Waals surface area contributed by atoms with Gasteiger partial charge in [0.05, 0.1) is 6.54 Å². The molecule has 1 spiro atoms. The number of anilines is 1. The molecule has 1 saturated carbocycles. The molecule has 1 amide bonds. The van der Waals surface area contributed by atoms with Crippen molar-refractivity contribution in [1.29, 1.82) is 0 Å². The zero-order valence-corrected chi connectivity index (χ0v) is 16.1. The molecule has 0 aromatic carbocycles. The van der Waals surface area contributed by atoms with Gasteiger partial charge in [-0.3, -0.25) is 9.79 Å². The van der Waals surface area contributed by atoms with E-state index in [4.69, 9.17) is 4.99 Å². The largest absolute Gasteiger partial charge is 0.357 e. The zero-order valence-electron chi connectivity index (χ0n) is 16.1. The maximum absolute atomic E-state index is 12.1. The average molecular weight is 358 g/mol. The lowest BCUT2D eigenvalue weighted by molar-refractivity contribution is -0.116. The summed E-state index contributed by atoms with van der Waals surface area (Å²) in [6.45, 7) is 7.53. The molecule has 26 heavy (non-hydrogen) atoms. The molecule has 142 valence electrons. The van der Waals surface area contributed by atoms with Gasteiger partial charge in [0.1, 0.15) is 5.82 Å². The maximum Gasteiger partial charge on any atom is 0.227 e. The van der Waals surface area contributed by atoms with Gasteiger partial charge in [-0.15, -0.1) is 0 Å². The van der Waals surface area contributed by atoms with Crippen LogP contribution in [0.5, 0.6) is 0 Å². The second kappa shape index (κ2) is 8.52. The Morgan fingerprint density at radius 2 is 2.12 bits per heavy atom. The van der Waals surface area contributed by atoms with Gasteiger partial charge in [0.2, 0.25) is 5.91 Å². The van der Waals surface area contributed by atoms with Crippen molar-refractivity contribution in [2.45, 2.75) is 52.4 Å². The highest BCUT2D eigenvalue weighted by atomic mass is 16.1. The minimum absolute atomic E-state index is 0.0450. The lowest BCUT2D eigenvalue weighted by atomic mass is 9.86. The van der Waals surface area contributed by atoms with E-state index >= 15 is 0 Å². The van der Waals surface area contributed by atoms with Crippen molar-refractivity contribution in [3.05, 3.63) is 23.9 Å². The molecule has 1 aromatic rings. The number of nitrogens with one attached hydrogen (secondary N) is 2. The van der Waals surface area contributed by atoms with Crippen molar-refractivity contribution in [2.75, 3.05) is 31.5 Å². The number of carbonyl (C=O) groups is 1. The highest BCUT2D eigenvalue weighted by molar-refractivity contribution is 5.90. The van der Waals surface area contributed by atoms with Crippen molar-refractivity contribution in [1.82, 2.24) is 15.2 Å². The summed E-state index contributed by atoms with van der Waals surface area (Å²) in [5.41, 5.74) is 1.41. The zero-order chi connectivity index (χ0) is 18.4. The molecule has 1 saturated heterocycles. The number of hydrogen-bond acceptors (Lipinski definition) is 3. The van der Waals surface area contributed by atoms with Crippen LogP contribution in [0.4, 0.5) is 5.82 Å². The summed E-state index contributed by atoms with van der Waals surface area (Å²) in [6, 6.07) is 5.62. The molecule has 0 unspecified atom stereocenters. The summed E-state index contributed by atoms with van der Waals surface area (Å²) in [7, 11) is 0. The van der Waals surface area contributed by atoms with Crippen LogP contribution in [0.3, 0.4) is 0 Å². The summed E-state index contributed by atoms with van der Waals surface area (Å²) in [5, 5.41) is 6.24. The van der Waals surface area contributed by atoms with Crippen LogP contribution in [0.25, 0.3) is 0 Å². The number of aliphatic imine (C=N–C) groups is 1. The fourth-order valence-electron chi connectivity index (χ4n) is 4.16. The highest BCUT2D eigenvalue weighted by Crippen LogP contribution is 2.45. The van der Waals surface area contributed by atoms with Crippen LogP contribution < -0.4 is 10.6 Å². The lowest BCUT2D eigenvalue weighted by Gasteiger charge is -2.25. The van der Waals surface area contributed by atoms with Crippen LogP contribution in [-0.4, -0.2) is 47.9 Å². The Morgan fingerprint density at radius 3 is 2.85 bits per heavy atom. The molecular formula is C20H31N5O. The lowest BCUT2D eigenvalue weighted by Crippen LogP contribution is -2.41. The minimum atomic E-state index is -0.0450. The van der Waals surface area contributed by atoms with Crippen molar-refractivity contribution in [2.24, 2.45) is 10.4 Å². The topological polar surface area (TPSA) is 69.6 Å². The number of hydrogen-bond donors (Lipinski definition) is 2. The molecule has 2 fully saturated rings. The van der Waals surface area contributed by atoms with E-state index in [0.29, 0.717) is 24.2 Å². The monoisotopic (exact) mass is 357 g/mol. The molecule has 6 heteroatoms. The quantitative estimate of drug-likeness (QED) is 0.628. The van der Waals surface area contributed by atoms with E-state index in [-0.39, 0.29) is 5.91 Å². The van der Waals surface area contributed by atoms with E-state index in [0.717, 1.165) is 31.3 Å². The second-order valence-corrected chi connectivity index (χ2v) is 7.58. The Balaban J connectivity index is 1.52. The van der Waals surface area contributed by atoms with Gasteiger partial charge in [-0.25, -0.2) is 4.98 Å². The Hall–Kier alpha value is -2.11. The predicted molar refractivity (Wildman–Crippen MR) is 105 cm³/mol. The summed E-state index contributed by atoms with van der Waals surface area (Å²) in [6.07, 6.45) is 7.09. The van der Waals surface area contributed by atoms with Gasteiger partial charge in [0.25, 0.3) is 0 Å². The molecule has 0 bridgehead atoms. The molecule has 3 rings (SSSR count). The predicted octanol–water partition coefficient (Wildman–Crippen LogP) is 2.95. The summed E-state index contributed by atoms with van der Waals surface area (Å²) >= 11 is 0. The van der Waals surface area contributed by atoms with Crippen molar-refractivity contribution in [3.63, 3.8) is 0 Å².